The maximum atomic E-state index is 12.4. The maximum Gasteiger partial charge on any atom is 0.379 e. The van der Waals surface area contributed by atoms with Crippen LogP contribution in [0, 0.1) is 0 Å². The third-order valence-corrected chi connectivity index (χ3v) is 22.8. The van der Waals surface area contributed by atoms with Gasteiger partial charge in [0.1, 0.15) is 18.6 Å². The van der Waals surface area contributed by atoms with Gasteiger partial charge >= 0.3 is 6.37 Å². The Labute approximate surface area is 114 Å². The number of allylic oxidation sites excluding steroid dienone is 8. The van der Waals surface area contributed by atoms with E-state index in [1.807, 2.05) is 0 Å². The molecule has 19 heavy (non-hydrogen) atoms. The lowest BCUT2D eigenvalue weighted by Gasteiger charge is -2.29. The molecule has 0 aromatic heterocycles. The number of rotatable bonds is 4. The van der Waals surface area contributed by atoms with Gasteiger partial charge in [0.25, 0.3) is 0 Å². The van der Waals surface area contributed by atoms with E-state index in [4.69, 9.17) is 0 Å². The normalized spacial score (nSPS) is 19.7. The molecule has 0 saturated carbocycles. The van der Waals surface area contributed by atoms with Crippen molar-refractivity contribution in [2.24, 2.45) is 0 Å². The van der Waals surface area contributed by atoms with Crippen LogP contribution in [0.25, 0.3) is 0 Å². The number of hydrogen-bond acceptors (Lipinski definition) is 4. The van der Waals surface area contributed by atoms with Crippen molar-refractivity contribution in [2.75, 3.05) is 12.5 Å². The fourth-order valence-electron chi connectivity index (χ4n) is 2.82. The van der Waals surface area contributed by atoms with Gasteiger partial charge in [0.15, 0.2) is 0 Å². The zero-order valence-electron chi connectivity index (χ0n) is 10.8. The third kappa shape index (κ3) is 2.09. The minimum absolute atomic E-state index is 0.406. The topological polar surface area (TPSA) is 68.3 Å². The zero-order valence-corrected chi connectivity index (χ0v) is 13.5. The lowest BCUT2D eigenvalue weighted by molar-refractivity contribution is 0.608. The average molecular weight is 316 g/mol. The van der Waals surface area contributed by atoms with Crippen LogP contribution < -0.4 is 0 Å². The minimum atomic E-state index is -3.79. The van der Waals surface area contributed by atoms with Crippen molar-refractivity contribution in [1.29, 1.82) is 0 Å². The highest BCUT2D eigenvalue weighted by Crippen LogP contribution is 2.40. The Morgan fingerprint density at radius 2 is 1.21 bits per heavy atom. The van der Waals surface area contributed by atoms with Gasteiger partial charge in [-0.25, -0.2) is 16.8 Å². The Kier molecular flexibility index (Phi) is 3.48. The van der Waals surface area contributed by atoms with Gasteiger partial charge in [-0.3, -0.25) is 0 Å². The van der Waals surface area contributed by atoms with Gasteiger partial charge < -0.3 is 0 Å². The van der Waals surface area contributed by atoms with Gasteiger partial charge in [0.2, 0.25) is 0 Å². The van der Waals surface area contributed by atoms with E-state index in [9.17, 15) is 16.8 Å². The molecule has 0 bridgehead atoms. The Morgan fingerprint density at radius 1 is 0.842 bits per heavy atom. The molecule has 0 N–H and O–H groups in total. The largest absolute Gasteiger partial charge is 0.379 e. The maximum absolute atomic E-state index is 12.4. The molecular formula is C12H16O4S2Si. The van der Waals surface area contributed by atoms with Crippen molar-refractivity contribution in [2.45, 2.75) is 12.8 Å². The first-order valence-corrected chi connectivity index (χ1v) is 13.1. The Balaban J connectivity index is 2.81. The smallest absolute Gasteiger partial charge is 0.234 e. The van der Waals surface area contributed by atoms with Crippen LogP contribution in [0.4, 0.5) is 0 Å². The molecule has 0 aromatic carbocycles. The summed E-state index contributed by atoms with van der Waals surface area (Å²) in [5.74, 6) is 0. The fourth-order valence-corrected chi connectivity index (χ4v) is 21.2. The van der Waals surface area contributed by atoms with Crippen LogP contribution in [-0.2, 0) is 18.6 Å². The van der Waals surface area contributed by atoms with Crippen molar-refractivity contribution in [3.8, 4) is 0 Å². The van der Waals surface area contributed by atoms with E-state index >= 15 is 0 Å². The first kappa shape index (κ1) is 14.5. The van der Waals surface area contributed by atoms with Crippen LogP contribution in [0.2, 0.25) is 0 Å². The molecule has 0 atom stereocenters. The van der Waals surface area contributed by atoms with Crippen molar-refractivity contribution < 1.29 is 16.8 Å². The molecule has 0 radical (unpaired) electrons. The monoisotopic (exact) mass is 316 g/mol. The summed E-state index contributed by atoms with van der Waals surface area (Å²) in [6.07, 6.45) is 9.52. The number of hydrogen-bond donors (Lipinski definition) is 0. The second kappa shape index (κ2) is 4.57. The van der Waals surface area contributed by atoms with Crippen molar-refractivity contribution in [3.63, 3.8) is 0 Å². The van der Waals surface area contributed by atoms with Crippen molar-refractivity contribution in [3.05, 3.63) is 46.8 Å². The lowest BCUT2D eigenvalue weighted by Crippen LogP contribution is -2.54. The minimum Gasteiger partial charge on any atom is -0.234 e. The highest BCUT2D eigenvalue weighted by Gasteiger charge is 2.60. The van der Waals surface area contributed by atoms with Gasteiger partial charge in [-0.15, -0.1) is 0 Å². The molecule has 0 unspecified atom stereocenters. The molecule has 2 aliphatic rings. The van der Waals surface area contributed by atoms with E-state index in [1.165, 1.54) is 0 Å². The van der Waals surface area contributed by atoms with Gasteiger partial charge in [-0.2, -0.15) is 0 Å². The van der Waals surface area contributed by atoms with E-state index in [0.717, 1.165) is 12.5 Å². The van der Waals surface area contributed by atoms with Crippen molar-refractivity contribution in [1.82, 2.24) is 0 Å². The molecule has 0 heterocycles. The summed E-state index contributed by atoms with van der Waals surface area (Å²) < 4.78 is 49.7. The van der Waals surface area contributed by atoms with Crippen LogP contribution in [0.1, 0.15) is 12.8 Å². The second-order valence-electron chi connectivity index (χ2n) is 4.81. The molecule has 4 nitrogen and oxygen atoms in total. The van der Waals surface area contributed by atoms with E-state index in [0.29, 0.717) is 23.2 Å². The fraction of sp³-hybridized carbons (Fsp3) is 0.333. The van der Waals surface area contributed by atoms with Crippen LogP contribution in [0.5, 0.6) is 0 Å². The molecule has 0 spiro atoms. The predicted molar refractivity (Wildman–Crippen MR) is 79.1 cm³/mol. The molecule has 2 aliphatic carbocycles. The Hall–Kier alpha value is -0.923. The SMILES string of the molecule is CS(=O)(=O)[Si](C1=CC=CC1)(C1=CC=CC1)S(C)(=O)=O. The second-order valence-corrected chi connectivity index (χ2v) is 19.3. The van der Waals surface area contributed by atoms with E-state index in [-0.39, 0.29) is 0 Å². The molecule has 2 rings (SSSR count). The third-order valence-electron chi connectivity index (χ3n) is 3.43. The Bertz CT molecular complexity index is 658. The summed E-state index contributed by atoms with van der Waals surface area (Å²) in [5, 5.41) is 1.10. The van der Waals surface area contributed by atoms with Crippen LogP contribution in [0.15, 0.2) is 46.8 Å². The predicted octanol–water partition coefficient (Wildman–Crippen LogP) is 1.37. The molecule has 0 aromatic rings. The van der Waals surface area contributed by atoms with Gasteiger partial charge in [0.05, 0.1) is 0 Å². The standard InChI is InChI=1S/C12H16O4S2Si/c1-17(13,14)19(18(2,15)16,11-7-3-4-8-11)12-9-5-6-10-12/h3-7,9H,8,10H2,1-2H3. The zero-order chi connectivity index (χ0) is 14.3. The van der Waals surface area contributed by atoms with Crippen molar-refractivity contribution >= 4 is 24.9 Å². The average Bonchev–Trinajstić information content (AvgIpc) is 2.85. The van der Waals surface area contributed by atoms with E-state index < -0.39 is 24.9 Å². The van der Waals surface area contributed by atoms with Gasteiger partial charge in [0, 0.05) is 12.5 Å². The molecular weight excluding hydrogens is 300 g/mol. The summed E-state index contributed by atoms with van der Waals surface area (Å²) in [7, 11) is -7.43. The Morgan fingerprint density at radius 3 is 1.42 bits per heavy atom. The molecule has 0 saturated heterocycles. The quantitative estimate of drug-likeness (QED) is 0.735. The van der Waals surface area contributed by atoms with Crippen LogP contribution >= 0.6 is 0 Å². The molecule has 0 amide bonds. The van der Waals surface area contributed by atoms with Gasteiger partial charge in [-0.1, -0.05) is 36.5 Å². The summed E-state index contributed by atoms with van der Waals surface area (Å²) >= 11 is 0. The lowest BCUT2D eigenvalue weighted by atomic mass is 10.5. The highest BCUT2D eigenvalue weighted by molar-refractivity contribution is 8.52. The molecule has 7 heteroatoms. The summed E-state index contributed by atoms with van der Waals surface area (Å²) in [6.45, 7) is 0. The first-order chi connectivity index (χ1) is 8.71. The highest BCUT2D eigenvalue weighted by atomic mass is 32.6. The summed E-state index contributed by atoms with van der Waals surface area (Å²) in [5.41, 5.74) is 0. The molecule has 104 valence electrons. The van der Waals surface area contributed by atoms with Crippen LogP contribution in [0.3, 0.4) is 0 Å². The summed E-state index contributed by atoms with van der Waals surface area (Å²) in [6, 6.07) is 0. The first-order valence-electron chi connectivity index (χ1n) is 5.83. The molecule has 0 fully saturated rings. The van der Waals surface area contributed by atoms with E-state index in [1.54, 1.807) is 36.5 Å². The van der Waals surface area contributed by atoms with E-state index in [2.05, 4.69) is 0 Å². The van der Waals surface area contributed by atoms with Crippen LogP contribution in [-0.4, -0.2) is 35.7 Å². The molecule has 0 aliphatic heterocycles. The van der Waals surface area contributed by atoms with Gasteiger partial charge in [-0.05, 0) is 23.2 Å². The summed E-state index contributed by atoms with van der Waals surface area (Å²) in [4.78, 5) is 0.